The molecule has 0 spiro atoms. The monoisotopic (exact) mass is 485 g/mol. The van der Waals surface area contributed by atoms with E-state index in [-0.39, 0.29) is 24.0 Å². The zero-order valence-corrected chi connectivity index (χ0v) is 19.1. The first-order chi connectivity index (χ1) is 16.9. The van der Waals surface area contributed by atoms with Gasteiger partial charge >= 0.3 is 0 Å². The molecule has 8 nitrogen and oxygen atoms in total. The number of benzene rings is 3. The number of amides is 2. The maximum atomic E-state index is 12.5. The Bertz CT molecular complexity index is 1440. The van der Waals surface area contributed by atoms with Crippen LogP contribution in [-0.4, -0.2) is 26.9 Å². The summed E-state index contributed by atoms with van der Waals surface area (Å²) in [4.78, 5) is 33.7. The largest absolute Gasteiger partial charge is 0.508 e. The van der Waals surface area contributed by atoms with Crippen LogP contribution in [0, 0.1) is 0 Å². The van der Waals surface area contributed by atoms with Crippen molar-refractivity contribution < 1.29 is 14.7 Å². The molecular weight excluding hydrogens is 466 g/mol. The highest BCUT2D eigenvalue weighted by molar-refractivity contribution is 6.31. The van der Waals surface area contributed by atoms with Crippen LogP contribution in [0.3, 0.4) is 0 Å². The summed E-state index contributed by atoms with van der Waals surface area (Å²) in [6.07, 6.45) is 1.80. The van der Waals surface area contributed by atoms with E-state index in [0.717, 1.165) is 11.1 Å². The van der Waals surface area contributed by atoms with Crippen molar-refractivity contribution in [3.63, 3.8) is 0 Å². The molecule has 4 aromatic rings. The minimum Gasteiger partial charge on any atom is -0.508 e. The van der Waals surface area contributed by atoms with Gasteiger partial charge in [0, 0.05) is 40.1 Å². The van der Waals surface area contributed by atoms with Crippen LogP contribution >= 0.6 is 11.6 Å². The van der Waals surface area contributed by atoms with Gasteiger partial charge in [0.25, 0.3) is 5.91 Å². The van der Waals surface area contributed by atoms with Gasteiger partial charge in [-0.25, -0.2) is 9.97 Å². The molecule has 0 aliphatic carbocycles. The summed E-state index contributed by atoms with van der Waals surface area (Å²) in [5.41, 5.74) is 4.73. The van der Waals surface area contributed by atoms with Gasteiger partial charge < -0.3 is 21.1 Å². The number of hydrogen-bond donors (Lipinski definition) is 4. The predicted molar refractivity (Wildman–Crippen MR) is 134 cm³/mol. The van der Waals surface area contributed by atoms with Crippen molar-refractivity contribution in [2.45, 2.75) is 13.0 Å². The summed E-state index contributed by atoms with van der Waals surface area (Å²) in [5, 5.41) is 18.9. The molecule has 35 heavy (non-hydrogen) atoms. The van der Waals surface area contributed by atoms with Crippen molar-refractivity contribution in [1.82, 2.24) is 15.3 Å². The predicted octanol–water partition coefficient (Wildman–Crippen LogP) is 4.67. The molecule has 0 saturated carbocycles. The average molecular weight is 486 g/mol. The Hall–Kier alpha value is -4.43. The molecule has 1 aromatic heterocycles. The first-order valence-corrected chi connectivity index (χ1v) is 11.2. The van der Waals surface area contributed by atoms with Crippen molar-refractivity contribution in [3.8, 4) is 17.0 Å². The highest BCUT2D eigenvalue weighted by atomic mass is 35.5. The number of nitrogens with one attached hydrogen (secondary N) is 3. The zero-order chi connectivity index (χ0) is 24.4. The van der Waals surface area contributed by atoms with Crippen molar-refractivity contribution in [2.24, 2.45) is 0 Å². The molecule has 0 atom stereocenters. The maximum Gasteiger partial charge on any atom is 0.251 e. The summed E-state index contributed by atoms with van der Waals surface area (Å²) in [7, 11) is 0. The fourth-order valence-electron chi connectivity index (χ4n) is 3.81. The van der Waals surface area contributed by atoms with Crippen molar-refractivity contribution in [2.75, 3.05) is 10.6 Å². The highest BCUT2D eigenvalue weighted by Crippen LogP contribution is 2.34. The van der Waals surface area contributed by atoms with Gasteiger partial charge in [-0.05, 0) is 60.2 Å². The topological polar surface area (TPSA) is 116 Å². The normalized spacial score (nSPS) is 12.1. The molecule has 0 bridgehead atoms. The van der Waals surface area contributed by atoms with E-state index in [1.165, 1.54) is 0 Å². The molecule has 0 saturated heterocycles. The number of rotatable bonds is 5. The van der Waals surface area contributed by atoms with Gasteiger partial charge in [0.15, 0.2) is 0 Å². The number of carbonyl (C=O) groups excluding carboxylic acids is 2. The van der Waals surface area contributed by atoms with Crippen molar-refractivity contribution in [1.29, 1.82) is 0 Å². The molecule has 2 heterocycles. The van der Waals surface area contributed by atoms with Crippen LogP contribution < -0.4 is 16.0 Å². The van der Waals surface area contributed by atoms with Crippen molar-refractivity contribution in [3.05, 3.63) is 94.6 Å². The Kier molecular flexibility index (Phi) is 6.03. The standard InChI is InChI=1S/C26H20ClN5O3/c27-18-6-9-21-22(12-18)31-23(34)11-17-14-29-26(32-24(17)21)30-19-7-4-16(5-8-19)25(35)28-13-15-2-1-3-20(33)10-15/h1-10,12,14,33H,11,13H2,(H,28,35)(H,31,34)(H,29,30,32). The van der Waals surface area contributed by atoms with E-state index in [1.54, 1.807) is 60.8 Å². The van der Waals surface area contributed by atoms with Gasteiger partial charge in [0.05, 0.1) is 17.8 Å². The molecule has 4 N–H and O–H groups in total. The average Bonchev–Trinajstić information content (AvgIpc) is 2.97. The van der Waals surface area contributed by atoms with Gasteiger partial charge in [0.2, 0.25) is 11.9 Å². The molecular formula is C26H20ClN5O3. The number of aromatic nitrogens is 2. The first kappa shape index (κ1) is 22.4. The molecule has 0 fully saturated rings. The Morgan fingerprint density at radius 3 is 2.71 bits per heavy atom. The van der Waals surface area contributed by atoms with Gasteiger partial charge in [-0.1, -0.05) is 23.7 Å². The van der Waals surface area contributed by atoms with Gasteiger partial charge in [-0.2, -0.15) is 0 Å². The second kappa shape index (κ2) is 9.44. The Balaban J connectivity index is 1.31. The minimum absolute atomic E-state index is 0.155. The van der Waals surface area contributed by atoms with E-state index < -0.39 is 0 Å². The summed E-state index contributed by atoms with van der Waals surface area (Å²) in [5.74, 6) is 0.130. The Morgan fingerprint density at radius 2 is 1.91 bits per heavy atom. The van der Waals surface area contributed by atoms with E-state index in [0.29, 0.717) is 45.7 Å². The lowest BCUT2D eigenvalue weighted by Gasteiger charge is -2.11. The summed E-state index contributed by atoms with van der Waals surface area (Å²) in [6, 6.07) is 18.9. The number of aromatic hydroxyl groups is 1. The van der Waals surface area contributed by atoms with Crippen LogP contribution in [-0.2, 0) is 17.8 Å². The number of anilines is 3. The minimum atomic E-state index is -0.228. The number of halogens is 1. The van der Waals surface area contributed by atoms with E-state index in [9.17, 15) is 14.7 Å². The summed E-state index contributed by atoms with van der Waals surface area (Å²) >= 11 is 6.10. The fraction of sp³-hybridized carbons (Fsp3) is 0.0769. The molecule has 9 heteroatoms. The third-order valence-electron chi connectivity index (χ3n) is 5.49. The zero-order valence-electron chi connectivity index (χ0n) is 18.4. The van der Waals surface area contributed by atoms with Crippen molar-refractivity contribution >= 4 is 40.7 Å². The van der Waals surface area contributed by atoms with E-state index in [4.69, 9.17) is 11.6 Å². The molecule has 1 aliphatic rings. The molecule has 174 valence electrons. The number of carbonyl (C=O) groups is 2. The number of phenolic OH excluding ortho intramolecular Hbond substituents is 1. The molecule has 0 radical (unpaired) electrons. The number of fused-ring (bicyclic) bond motifs is 3. The first-order valence-electron chi connectivity index (χ1n) is 10.8. The highest BCUT2D eigenvalue weighted by Gasteiger charge is 2.21. The number of hydrogen-bond acceptors (Lipinski definition) is 6. The SMILES string of the molecule is O=C1Cc2cnc(Nc3ccc(C(=O)NCc4cccc(O)c4)cc3)nc2-c2ccc(Cl)cc2N1. The van der Waals surface area contributed by atoms with Crippen LogP contribution in [0.4, 0.5) is 17.3 Å². The van der Waals surface area contributed by atoms with E-state index >= 15 is 0 Å². The van der Waals surface area contributed by atoms with Gasteiger partial charge in [-0.15, -0.1) is 0 Å². The molecule has 5 rings (SSSR count). The smallest absolute Gasteiger partial charge is 0.251 e. The van der Waals surface area contributed by atoms with Crippen LogP contribution in [0.1, 0.15) is 21.5 Å². The number of nitrogens with zero attached hydrogens (tertiary/aromatic N) is 2. The molecule has 0 unspecified atom stereocenters. The lowest BCUT2D eigenvalue weighted by molar-refractivity contribution is -0.115. The van der Waals surface area contributed by atoms with Gasteiger partial charge in [-0.3, -0.25) is 9.59 Å². The van der Waals surface area contributed by atoms with E-state index in [2.05, 4.69) is 25.9 Å². The lowest BCUT2D eigenvalue weighted by Crippen LogP contribution is -2.22. The Morgan fingerprint density at radius 1 is 1.09 bits per heavy atom. The third-order valence-corrected chi connectivity index (χ3v) is 5.73. The Labute approximate surface area is 206 Å². The van der Waals surface area contributed by atoms with Crippen LogP contribution in [0.5, 0.6) is 5.75 Å². The van der Waals surface area contributed by atoms with Crippen LogP contribution in [0.2, 0.25) is 5.02 Å². The van der Waals surface area contributed by atoms with Gasteiger partial charge in [0.1, 0.15) is 5.75 Å². The number of phenols is 1. The van der Waals surface area contributed by atoms with Crippen LogP contribution in [0.25, 0.3) is 11.3 Å². The summed E-state index contributed by atoms with van der Waals surface area (Å²) < 4.78 is 0. The lowest BCUT2D eigenvalue weighted by atomic mass is 10.1. The molecule has 3 aromatic carbocycles. The van der Waals surface area contributed by atoms with Crippen LogP contribution in [0.15, 0.2) is 72.9 Å². The quantitative estimate of drug-likeness (QED) is 0.326. The molecule has 1 aliphatic heterocycles. The van der Waals surface area contributed by atoms with E-state index in [1.807, 2.05) is 12.1 Å². The third kappa shape index (κ3) is 5.07. The second-order valence-electron chi connectivity index (χ2n) is 8.04. The second-order valence-corrected chi connectivity index (χ2v) is 8.47. The fourth-order valence-corrected chi connectivity index (χ4v) is 3.98. The maximum absolute atomic E-state index is 12.5. The summed E-state index contributed by atoms with van der Waals surface area (Å²) in [6.45, 7) is 0.306. The molecule has 2 amide bonds.